The van der Waals surface area contributed by atoms with Gasteiger partial charge < -0.3 is 25.0 Å². The second-order valence-corrected chi connectivity index (χ2v) is 9.19. The number of thiocarbonyl (C=S) groups is 1. The summed E-state index contributed by atoms with van der Waals surface area (Å²) in [4.78, 5) is 26.9. The van der Waals surface area contributed by atoms with Crippen molar-refractivity contribution in [2.24, 2.45) is 0 Å². The number of hydrogen-bond acceptors (Lipinski definition) is 8. The molecule has 0 spiro atoms. The zero-order valence-electron chi connectivity index (χ0n) is 18.9. The lowest BCUT2D eigenvalue weighted by molar-refractivity contribution is -0.122. The Labute approximate surface area is 207 Å². The maximum absolute atomic E-state index is 12.9. The molecule has 1 heterocycles. The Bertz CT molecular complexity index is 1080. The van der Waals surface area contributed by atoms with Crippen LogP contribution in [-0.2, 0) is 9.59 Å². The predicted octanol–water partition coefficient (Wildman–Crippen LogP) is 4.52. The molecule has 2 amide bonds. The largest absolute Gasteiger partial charge is 0.508 e. The fraction of sp³-hybridized carbons (Fsp3) is 0.292. The molecule has 10 heteroatoms. The normalized spacial score (nSPS) is 14.5. The molecule has 8 nitrogen and oxygen atoms in total. The first-order valence-corrected chi connectivity index (χ1v) is 11.8. The van der Waals surface area contributed by atoms with Crippen molar-refractivity contribution in [3.05, 3.63) is 46.9 Å². The van der Waals surface area contributed by atoms with Gasteiger partial charge in [-0.1, -0.05) is 30.4 Å². The highest BCUT2D eigenvalue weighted by atomic mass is 32.2. The van der Waals surface area contributed by atoms with Crippen LogP contribution in [0.1, 0.15) is 31.2 Å². The van der Waals surface area contributed by atoms with Gasteiger partial charge in [-0.3, -0.25) is 14.5 Å². The van der Waals surface area contributed by atoms with E-state index in [-0.39, 0.29) is 34.8 Å². The van der Waals surface area contributed by atoms with Crippen LogP contribution in [0.5, 0.6) is 23.0 Å². The minimum Gasteiger partial charge on any atom is -0.508 e. The van der Waals surface area contributed by atoms with Crippen molar-refractivity contribution < 1.29 is 29.3 Å². The summed E-state index contributed by atoms with van der Waals surface area (Å²) in [5.41, 5.74) is 1.28. The Hall–Kier alpha value is -3.24. The molecule has 1 saturated heterocycles. The Morgan fingerprint density at radius 1 is 1.09 bits per heavy atom. The molecule has 0 aliphatic carbocycles. The Kier molecular flexibility index (Phi) is 8.78. The van der Waals surface area contributed by atoms with Gasteiger partial charge in [-0.25, -0.2) is 0 Å². The molecule has 3 N–H and O–H groups in total. The molecular formula is C24H26N2O6S2. The molecule has 1 aliphatic heterocycles. The van der Waals surface area contributed by atoms with E-state index in [1.807, 2.05) is 0 Å². The lowest BCUT2D eigenvalue weighted by Crippen LogP contribution is -2.29. The van der Waals surface area contributed by atoms with Crippen LogP contribution in [0.15, 0.2) is 41.3 Å². The number of phenols is 2. The number of nitrogens with zero attached hydrogens (tertiary/aromatic N) is 1. The summed E-state index contributed by atoms with van der Waals surface area (Å²) >= 11 is 6.61. The van der Waals surface area contributed by atoms with E-state index in [4.69, 9.17) is 21.7 Å². The average Bonchev–Trinajstić information content (AvgIpc) is 3.08. The number of thioether (sulfide) groups is 1. The third kappa shape index (κ3) is 6.42. The molecule has 180 valence electrons. The zero-order chi connectivity index (χ0) is 24.7. The first-order chi connectivity index (χ1) is 16.3. The number of amides is 2. The number of hydrogen-bond donors (Lipinski definition) is 3. The lowest BCUT2D eigenvalue weighted by atomic mass is 10.1. The van der Waals surface area contributed by atoms with Gasteiger partial charge in [-0.15, -0.1) is 0 Å². The highest BCUT2D eigenvalue weighted by molar-refractivity contribution is 8.26. The van der Waals surface area contributed by atoms with E-state index in [1.165, 1.54) is 38.1 Å². The van der Waals surface area contributed by atoms with Gasteiger partial charge in [-0.05, 0) is 60.9 Å². The standard InChI is InChI=1S/C24H26N2O6S2/c1-31-18-12-15(13-19(32-2)22(18)29)14-20-23(30)26(24(33)34-20)11-5-3-4-6-21(28)25-16-7-9-17(27)10-8-16/h7-10,12-14,27,29H,3-6,11H2,1-2H3,(H,25,28)/b20-14-. The molecule has 0 saturated carbocycles. The summed E-state index contributed by atoms with van der Waals surface area (Å²) in [6.45, 7) is 0.476. The summed E-state index contributed by atoms with van der Waals surface area (Å²) in [6, 6.07) is 9.55. The number of rotatable bonds is 10. The summed E-state index contributed by atoms with van der Waals surface area (Å²) in [5.74, 6) is 0.258. The van der Waals surface area contributed by atoms with E-state index in [0.29, 0.717) is 46.3 Å². The van der Waals surface area contributed by atoms with E-state index < -0.39 is 0 Å². The Morgan fingerprint density at radius 2 is 1.74 bits per heavy atom. The average molecular weight is 503 g/mol. The minimum atomic E-state index is -0.175. The molecule has 1 fully saturated rings. The van der Waals surface area contributed by atoms with Crippen LogP contribution < -0.4 is 14.8 Å². The third-order valence-electron chi connectivity index (χ3n) is 5.11. The second-order valence-electron chi connectivity index (χ2n) is 7.51. The minimum absolute atomic E-state index is 0.0982. The van der Waals surface area contributed by atoms with Crippen molar-refractivity contribution >= 4 is 51.9 Å². The van der Waals surface area contributed by atoms with Crippen molar-refractivity contribution in [2.75, 3.05) is 26.1 Å². The SMILES string of the molecule is COc1cc(/C=C2\SC(=S)N(CCCCCC(=O)Nc3ccc(O)cc3)C2=O)cc(OC)c1O. The number of methoxy groups -OCH3 is 2. The molecule has 0 bridgehead atoms. The van der Waals surface area contributed by atoms with Gasteiger partial charge in [0.05, 0.1) is 19.1 Å². The van der Waals surface area contributed by atoms with Gasteiger partial charge >= 0.3 is 0 Å². The molecule has 0 aromatic heterocycles. The second kappa shape index (κ2) is 11.8. The van der Waals surface area contributed by atoms with Gasteiger partial charge in [-0.2, -0.15) is 0 Å². The Morgan fingerprint density at radius 3 is 2.35 bits per heavy atom. The third-order valence-corrected chi connectivity index (χ3v) is 6.49. The number of benzene rings is 2. The van der Waals surface area contributed by atoms with Crippen molar-refractivity contribution in [1.82, 2.24) is 4.90 Å². The van der Waals surface area contributed by atoms with E-state index >= 15 is 0 Å². The van der Waals surface area contributed by atoms with Crippen molar-refractivity contribution in [3.63, 3.8) is 0 Å². The van der Waals surface area contributed by atoms with E-state index in [2.05, 4.69) is 5.32 Å². The van der Waals surface area contributed by atoms with Crippen LogP contribution in [0.25, 0.3) is 6.08 Å². The monoisotopic (exact) mass is 502 g/mol. The molecule has 2 aromatic carbocycles. The quantitative estimate of drug-likeness (QED) is 0.188. The van der Waals surface area contributed by atoms with Crippen LogP contribution in [0, 0.1) is 0 Å². The fourth-order valence-electron chi connectivity index (χ4n) is 3.34. The van der Waals surface area contributed by atoms with Crippen LogP contribution in [0.2, 0.25) is 0 Å². The van der Waals surface area contributed by atoms with Crippen molar-refractivity contribution in [2.45, 2.75) is 25.7 Å². The summed E-state index contributed by atoms with van der Waals surface area (Å²) in [5, 5.41) is 22.1. The topological polar surface area (TPSA) is 108 Å². The molecule has 0 unspecified atom stereocenters. The first-order valence-electron chi connectivity index (χ1n) is 10.6. The summed E-state index contributed by atoms with van der Waals surface area (Å²) in [6.07, 6.45) is 4.22. The molecule has 3 rings (SSSR count). The maximum Gasteiger partial charge on any atom is 0.266 e. The van der Waals surface area contributed by atoms with Crippen LogP contribution >= 0.6 is 24.0 Å². The lowest BCUT2D eigenvalue weighted by Gasteiger charge is -2.14. The molecule has 0 radical (unpaired) electrons. The molecule has 0 atom stereocenters. The number of anilines is 1. The van der Waals surface area contributed by atoms with Gasteiger partial charge in [0.1, 0.15) is 10.1 Å². The van der Waals surface area contributed by atoms with E-state index in [1.54, 1.807) is 35.2 Å². The fourth-order valence-corrected chi connectivity index (χ4v) is 4.65. The number of phenolic OH excluding ortho intramolecular Hbond substituents is 2. The Balaban J connectivity index is 1.49. The number of carbonyl (C=O) groups excluding carboxylic acids is 2. The number of unbranched alkanes of at least 4 members (excludes halogenated alkanes) is 2. The number of nitrogens with one attached hydrogen (secondary N) is 1. The van der Waals surface area contributed by atoms with Crippen LogP contribution in [0.3, 0.4) is 0 Å². The molecule has 34 heavy (non-hydrogen) atoms. The maximum atomic E-state index is 12.9. The zero-order valence-corrected chi connectivity index (χ0v) is 20.5. The van der Waals surface area contributed by atoms with Crippen LogP contribution in [0.4, 0.5) is 5.69 Å². The van der Waals surface area contributed by atoms with E-state index in [0.717, 1.165) is 6.42 Å². The summed E-state index contributed by atoms with van der Waals surface area (Å²) in [7, 11) is 2.88. The highest BCUT2D eigenvalue weighted by Crippen LogP contribution is 2.39. The van der Waals surface area contributed by atoms with Gasteiger partial charge in [0.25, 0.3) is 5.91 Å². The smallest absolute Gasteiger partial charge is 0.266 e. The summed E-state index contributed by atoms with van der Waals surface area (Å²) < 4.78 is 10.8. The number of aromatic hydroxyl groups is 2. The highest BCUT2D eigenvalue weighted by Gasteiger charge is 2.31. The van der Waals surface area contributed by atoms with Gasteiger partial charge in [0.2, 0.25) is 11.7 Å². The molecule has 1 aliphatic rings. The first kappa shape index (κ1) is 25.4. The predicted molar refractivity (Wildman–Crippen MR) is 136 cm³/mol. The molecular weight excluding hydrogens is 476 g/mol. The number of ether oxygens (including phenoxy) is 2. The number of carbonyl (C=O) groups is 2. The van der Waals surface area contributed by atoms with E-state index in [9.17, 15) is 19.8 Å². The van der Waals surface area contributed by atoms with Crippen LogP contribution in [-0.4, -0.2) is 52.0 Å². The van der Waals surface area contributed by atoms with Gasteiger partial charge in [0, 0.05) is 18.7 Å². The van der Waals surface area contributed by atoms with Crippen molar-refractivity contribution in [1.29, 1.82) is 0 Å². The van der Waals surface area contributed by atoms with Crippen molar-refractivity contribution in [3.8, 4) is 23.0 Å². The molecule has 2 aromatic rings. The van der Waals surface area contributed by atoms with Gasteiger partial charge in [0.15, 0.2) is 11.5 Å².